The lowest BCUT2D eigenvalue weighted by Crippen LogP contribution is -2.52. The molecule has 3 atom stereocenters. The molecule has 3 aliphatic heterocycles. The minimum absolute atomic E-state index is 0.0381. The highest BCUT2D eigenvalue weighted by atomic mass is 16.6. The number of H-pyrrole nitrogens is 1. The molecule has 8 rings (SSSR count). The minimum Gasteiger partial charge on any atom is -0.506 e. The van der Waals surface area contributed by atoms with Crippen molar-refractivity contribution >= 4 is 23.0 Å². The van der Waals surface area contributed by atoms with Crippen LogP contribution in [0.25, 0.3) is 10.9 Å². The van der Waals surface area contributed by atoms with Gasteiger partial charge in [-0.25, -0.2) is 9.59 Å². The number of benzene rings is 4. The summed E-state index contributed by atoms with van der Waals surface area (Å²) in [6.45, 7) is 4.64. The molecule has 0 spiro atoms. The lowest BCUT2D eigenvalue weighted by Gasteiger charge is -2.43. The van der Waals surface area contributed by atoms with E-state index < -0.39 is 18.2 Å². The summed E-state index contributed by atoms with van der Waals surface area (Å²) in [7, 11) is 0. The number of unbranched alkanes of at least 4 members (excludes halogenated alkanes) is 3. The van der Waals surface area contributed by atoms with E-state index in [1.54, 1.807) is 24.3 Å². The molecule has 3 unspecified atom stereocenters. The van der Waals surface area contributed by atoms with Crippen LogP contribution in [0.15, 0.2) is 108 Å². The van der Waals surface area contributed by atoms with Crippen LogP contribution in [0, 0.1) is 5.92 Å². The van der Waals surface area contributed by atoms with Gasteiger partial charge in [-0.2, -0.15) is 0 Å². The molecule has 4 aromatic carbocycles. The average Bonchev–Trinajstić information content (AvgIpc) is 3.25. The average molecular weight is 789 g/mol. The van der Waals surface area contributed by atoms with Crippen LogP contribution in [-0.2, 0) is 16.1 Å². The van der Waals surface area contributed by atoms with E-state index in [1.807, 2.05) is 66.7 Å². The highest BCUT2D eigenvalue weighted by Crippen LogP contribution is 2.31. The number of esters is 1. The van der Waals surface area contributed by atoms with Crippen molar-refractivity contribution in [2.75, 3.05) is 39.3 Å². The smallest absolute Gasteiger partial charge is 0.408 e. The number of fused-ring (bicyclic) bond motifs is 4. The Morgan fingerprint density at radius 3 is 2.41 bits per heavy atom. The van der Waals surface area contributed by atoms with Crippen LogP contribution in [-0.4, -0.2) is 77.6 Å². The van der Waals surface area contributed by atoms with Crippen molar-refractivity contribution in [3.63, 3.8) is 0 Å². The molecule has 3 fully saturated rings. The van der Waals surface area contributed by atoms with Crippen molar-refractivity contribution in [1.29, 1.82) is 0 Å². The number of hydrogen-bond donors (Lipinski definition) is 5. The molecular weight excluding hydrogens is 737 g/mol. The van der Waals surface area contributed by atoms with Crippen molar-refractivity contribution in [2.45, 2.75) is 63.4 Å². The Bertz CT molecular complexity index is 2190. The van der Waals surface area contributed by atoms with Crippen LogP contribution in [0.5, 0.6) is 11.5 Å². The second-order valence-electron chi connectivity index (χ2n) is 15.2. The molecule has 4 heterocycles. The number of rotatable bonds is 18. The Kier molecular flexibility index (Phi) is 13.7. The third kappa shape index (κ3) is 10.6. The number of alkyl carbamates (subject to hydrolysis) is 1. The third-order valence-corrected chi connectivity index (χ3v) is 11.1. The summed E-state index contributed by atoms with van der Waals surface area (Å²) in [6, 6.07) is 30.4. The zero-order chi connectivity index (χ0) is 40.3. The van der Waals surface area contributed by atoms with E-state index in [-0.39, 0.29) is 23.4 Å². The summed E-state index contributed by atoms with van der Waals surface area (Å²) in [5.41, 5.74) is 3.82. The van der Waals surface area contributed by atoms with Crippen molar-refractivity contribution in [1.82, 2.24) is 20.5 Å². The fourth-order valence-electron chi connectivity index (χ4n) is 7.88. The fourth-order valence-corrected chi connectivity index (χ4v) is 7.88. The van der Waals surface area contributed by atoms with Gasteiger partial charge >= 0.3 is 12.1 Å². The molecule has 3 saturated heterocycles. The van der Waals surface area contributed by atoms with Gasteiger partial charge in [0.2, 0.25) is 5.56 Å². The maximum atomic E-state index is 13.2. The monoisotopic (exact) mass is 788 g/mol. The number of hydrogen-bond acceptors (Lipinski definition) is 10. The first-order chi connectivity index (χ1) is 28.3. The number of nitrogens with zero attached hydrogens (tertiary/aromatic N) is 1. The van der Waals surface area contributed by atoms with Crippen molar-refractivity contribution < 1.29 is 34.0 Å². The predicted molar refractivity (Wildman–Crippen MR) is 221 cm³/mol. The van der Waals surface area contributed by atoms with Crippen LogP contribution in [0.1, 0.15) is 83.3 Å². The molecule has 1 amide bonds. The summed E-state index contributed by atoms with van der Waals surface area (Å²) < 4.78 is 17.6. The topological polar surface area (TPSA) is 162 Å². The fraction of sp³-hybridized carbons (Fsp3) is 0.370. The largest absolute Gasteiger partial charge is 0.506 e. The van der Waals surface area contributed by atoms with E-state index in [0.717, 1.165) is 74.8 Å². The van der Waals surface area contributed by atoms with Crippen LogP contribution < -0.4 is 20.9 Å². The molecule has 12 heteroatoms. The number of aromatic amines is 1. The van der Waals surface area contributed by atoms with E-state index in [0.29, 0.717) is 60.0 Å². The van der Waals surface area contributed by atoms with Gasteiger partial charge in [0.15, 0.2) is 0 Å². The number of phenols is 1. The van der Waals surface area contributed by atoms with Gasteiger partial charge in [0.05, 0.1) is 29.8 Å². The second-order valence-corrected chi connectivity index (χ2v) is 15.2. The molecule has 2 bridgehead atoms. The van der Waals surface area contributed by atoms with Crippen molar-refractivity contribution in [3.8, 4) is 11.5 Å². The number of nitrogens with one attached hydrogen (secondary N) is 3. The molecule has 58 heavy (non-hydrogen) atoms. The normalized spacial score (nSPS) is 18.3. The highest BCUT2D eigenvalue weighted by molar-refractivity contribution is 5.89. The molecule has 1 aromatic heterocycles. The second kappa shape index (κ2) is 19.6. The summed E-state index contributed by atoms with van der Waals surface area (Å²) in [6.07, 6.45) is 4.33. The van der Waals surface area contributed by atoms with Gasteiger partial charge < -0.3 is 40.0 Å². The third-order valence-electron chi connectivity index (χ3n) is 11.1. The maximum absolute atomic E-state index is 13.2. The highest BCUT2D eigenvalue weighted by Gasteiger charge is 2.37. The molecule has 5 N–H and O–H groups in total. The van der Waals surface area contributed by atoms with Gasteiger partial charge in [0.25, 0.3) is 0 Å². The zero-order valence-corrected chi connectivity index (χ0v) is 32.6. The van der Waals surface area contributed by atoms with E-state index in [4.69, 9.17) is 14.2 Å². The zero-order valence-electron chi connectivity index (χ0n) is 32.6. The molecular formula is C46H52N4O8. The first-order valence-corrected chi connectivity index (χ1v) is 20.3. The van der Waals surface area contributed by atoms with Gasteiger partial charge in [-0.1, -0.05) is 73.5 Å². The number of aliphatic hydroxyl groups is 1. The number of phenolic OH excluding ortho intramolecular Hbond substituents is 1. The van der Waals surface area contributed by atoms with E-state index in [1.165, 1.54) is 12.1 Å². The van der Waals surface area contributed by atoms with E-state index in [2.05, 4.69) is 20.5 Å². The number of carbonyl (C=O) groups excluding carboxylic acids is 2. The van der Waals surface area contributed by atoms with Gasteiger partial charge in [0.1, 0.15) is 24.2 Å². The van der Waals surface area contributed by atoms with E-state index >= 15 is 0 Å². The van der Waals surface area contributed by atoms with Crippen LogP contribution in [0.4, 0.5) is 4.79 Å². The number of aliphatic hydroxyl groups excluding tert-OH is 1. The summed E-state index contributed by atoms with van der Waals surface area (Å²) in [5, 5.41) is 27.8. The van der Waals surface area contributed by atoms with Crippen LogP contribution in [0.3, 0.4) is 0 Å². The van der Waals surface area contributed by atoms with Crippen molar-refractivity contribution in [3.05, 3.63) is 141 Å². The summed E-state index contributed by atoms with van der Waals surface area (Å²) in [4.78, 5) is 42.5. The summed E-state index contributed by atoms with van der Waals surface area (Å²) in [5.74, 6) is 0.675. The number of ether oxygens (including phenoxy) is 3. The predicted octanol–water partition coefficient (Wildman–Crippen LogP) is 6.76. The number of piperidine rings is 3. The van der Waals surface area contributed by atoms with Gasteiger partial charge in [-0.05, 0) is 110 Å². The van der Waals surface area contributed by atoms with E-state index in [9.17, 15) is 24.6 Å². The maximum Gasteiger partial charge on any atom is 0.408 e. The Hall–Kier alpha value is -5.69. The number of aromatic hydroxyl groups is 1. The Morgan fingerprint density at radius 1 is 0.862 bits per heavy atom. The van der Waals surface area contributed by atoms with Gasteiger partial charge in [-0.15, -0.1) is 0 Å². The molecule has 3 aliphatic rings. The lowest BCUT2D eigenvalue weighted by atomic mass is 9.86. The molecule has 5 aromatic rings. The number of amides is 1. The van der Waals surface area contributed by atoms with Gasteiger partial charge in [-0.3, -0.25) is 9.69 Å². The first kappa shape index (κ1) is 40.5. The number of pyridine rings is 1. The number of aromatic nitrogens is 1. The summed E-state index contributed by atoms with van der Waals surface area (Å²) >= 11 is 0. The van der Waals surface area contributed by atoms with Crippen LogP contribution >= 0.6 is 0 Å². The van der Waals surface area contributed by atoms with Crippen LogP contribution in [0.2, 0.25) is 0 Å². The van der Waals surface area contributed by atoms with Gasteiger partial charge in [0, 0.05) is 24.5 Å². The number of carbonyl (C=O) groups is 2. The quantitative estimate of drug-likeness (QED) is 0.0474. The molecule has 304 valence electrons. The Morgan fingerprint density at radius 2 is 1.64 bits per heavy atom. The lowest BCUT2D eigenvalue weighted by molar-refractivity contribution is -0.0336. The molecule has 0 saturated carbocycles. The standard InChI is InChI=1S/C46H52N4O8/c51-39-19-17-37(38-18-20-42(53)48-44(38)39)40(52)28-47-23-6-1-2-7-26-56-45(54)34-15-13-31(14-16-34)30-57-36-12-8-11-35(27-36)43(33-9-4-3-5-10-33)49-46(55)58-41-29-50-24-21-32(41)22-25-50/h3-5,8-20,27,32,40-41,43,47,51-52H,1-2,6-7,21-26,28-30H2,(H,48,53)(H,49,55). The molecule has 0 aliphatic carbocycles. The Labute approximate surface area is 338 Å². The molecule has 12 nitrogen and oxygen atoms in total. The SMILES string of the molecule is O=C(NC(c1ccccc1)c1cccc(OCc2ccc(C(=O)OCCCCCCNCC(O)c3ccc(O)c4[nH]c(=O)ccc34)cc2)c1)OC1CN2CCC1CC2. The first-order valence-electron chi connectivity index (χ1n) is 20.3. The van der Waals surface area contributed by atoms with Crippen molar-refractivity contribution in [2.24, 2.45) is 5.92 Å². The Balaban J connectivity index is 0.808. The minimum atomic E-state index is -0.799. The molecule has 0 radical (unpaired) electrons.